The maximum Gasteiger partial charge on any atom is 0.333 e. The molecule has 0 rings (SSSR count). The predicted molar refractivity (Wildman–Crippen MR) is 31.6 cm³/mol. The highest BCUT2D eigenvalue weighted by atomic mass is 16.4. The summed E-state index contributed by atoms with van der Waals surface area (Å²) in [5.74, 6) is 0.215. The lowest BCUT2D eigenvalue weighted by molar-refractivity contribution is -0.148. The molecule has 0 amide bonds. The van der Waals surface area contributed by atoms with Crippen molar-refractivity contribution in [1.29, 1.82) is 0 Å². The fourth-order valence-electron chi connectivity index (χ4n) is 0.305. The molecule has 3 nitrogen and oxygen atoms in total. The summed E-state index contributed by atoms with van der Waals surface area (Å²) in [6.07, 6.45) is 3.40. The van der Waals surface area contributed by atoms with Crippen molar-refractivity contribution < 1.29 is 15.0 Å². The van der Waals surface area contributed by atoms with Crippen LogP contribution in [-0.4, -0.2) is 22.3 Å². The lowest BCUT2D eigenvalue weighted by Crippen LogP contribution is -2.26. The number of carboxylic acids is 1. The molecule has 50 valence electrons. The maximum absolute atomic E-state index is 9.95. The Morgan fingerprint density at radius 2 is 2.22 bits per heavy atom. The third-order valence-electron chi connectivity index (χ3n) is 0.990. The van der Waals surface area contributed by atoms with E-state index in [2.05, 4.69) is 5.92 Å². The lowest BCUT2D eigenvalue weighted by atomic mass is 10.1. The van der Waals surface area contributed by atoms with E-state index in [0.29, 0.717) is 0 Å². The molecule has 2 N–H and O–H groups in total. The molecule has 0 aliphatic carbocycles. The predicted octanol–water partition coefficient (Wildman–Crippen LogP) is -0.299. The molecule has 0 aromatic carbocycles. The molecule has 0 heterocycles. The fraction of sp³-hybridized carbons (Fsp3) is 0.500. The highest BCUT2D eigenvalue weighted by molar-refractivity contribution is 5.72. The van der Waals surface area contributed by atoms with Crippen LogP contribution in [0.3, 0.4) is 0 Å². The summed E-state index contributed by atoms with van der Waals surface area (Å²) in [7, 11) is 0. The summed E-state index contributed by atoms with van der Waals surface area (Å²) in [5.41, 5.74) is 0. The molecule has 0 aromatic rings. The molecule has 0 radical (unpaired) electrons. The van der Waals surface area contributed by atoms with Crippen molar-refractivity contribution in [2.24, 2.45) is 5.92 Å². The number of terminal acetylenes is 1. The van der Waals surface area contributed by atoms with Gasteiger partial charge in [-0.2, -0.15) is 0 Å². The van der Waals surface area contributed by atoms with E-state index in [4.69, 9.17) is 16.6 Å². The smallest absolute Gasteiger partial charge is 0.333 e. The van der Waals surface area contributed by atoms with Gasteiger partial charge >= 0.3 is 5.97 Å². The second-order valence-corrected chi connectivity index (χ2v) is 1.74. The minimum Gasteiger partial charge on any atom is -0.479 e. The first-order chi connectivity index (χ1) is 4.09. The quantitative estimate of drug-likeness (QED) is 0.502. The van der Waals surface area contributed by atoms with Crippen LogP contribution in [0.4, 0.5) is 0 Å². The second kappa shape index (κ2) is 3.10. The Hall–Kier alpha value is -1.01. The van der Waals surface area contributed by atoms with Gasteiger partial charge in [0.05, 0.1) is 5.92 Å². The van der Waals surface area contributed by atoms with Crippen LogP contribution in [-0.2, 0) is 4.79 Å². The topological polar surface area (TPSA) is 57.5 Å². The van der Waals surface area contributed by atoms with E-state index in [-0.39, 0.29) is 0 Å². The standard InChI is InChI=1S/C6H8O3/c1-3-4(2)5(7)6(8)9/h1,4-5,7H,2H3,(H,8,9)/t4-,5+/m0/s1. The van der Waals surface area contributed by atoms with Crippen LogP contribution in [0.15, 0.2) is 0 Å². The van der Waals surface area contributed by atoms with Crippen molar-refractivity contribution in [2.75, 3.05) is 0 Å². The van der Waals surface area contributed by atoms with E-state index in [1.165, 1.54) is 6.92 Å². The number of carbonyl (C=O) groups is 1. The van der Waals surface area contributed by atoms with Gasteiger partial charge in [-0.15, -0.1) is 12.3 Å². The molecule has 0 spiro atoms. The van der Waals surface area contributed by atoms with Gasteiger partial charge in [0, 0.05) is 0 Å². The Morgan fingerprint density at radius 3 is 2.33 bits per heavy atom. The number of hydrogen-bond acceptors (Lipinski definition) is 2. The van der Waals surface area contributed by atoms with E-state index in [1.54, 1.807) is 0 Å². The van der Waals surface area contributed by atoms with E-state index in [9.17, 15) is 4.79 Å². The molecule has 0 fully saturated rings. The van der Waals surface area contributed by atoms with Gasteiger partial charge in [-0.05, 0) is 6.92 Å². The number of aliphatic hydroxyl groups excluding tert-OH is 1. The van der Waals surface area contributed by atoms with Gasteiger partial charge in [-0.25, -0.2) is 4.79 Å². The van der Waals surface area contributed by atoms with Gasteiger partial charge in [0.2, 0.25) is 0 Å². The molecule has 9 heavy (non-hydrogen) atoms. The summed E-state index contributed by atoms with van der Waals surface area (Å²) in [6.45, 7) is 1.47. The van der Waals surface area contributed by atoms with Crippen molar-refractivity contribution in [1.82, 2.24) is 0 Å². The SMILES string of the molecule is C#C[C@H](C)[C@@H](O)C(=O)O. The van der Waals surface area contributed by atoms with Crippen LogP contribution >= 0.6 is 0 Å². The Kier molecular flexibility index (Phi) is 2.75. The summed E-state index contributed by atoms with van der Waals surface area (Å²) in [6, 6.07) is 0. The van der Waals surface area contributed by atoms with Gasteiger partial charge in [0.15, 0.2) is 6.10 Å². The van der Waals surface area contributed by atoms with Crippen molar-refractivity contribution in [3.8, 4) is 12.3 Å². The summed E-state index contributed by atoms with van der Waals surface area (Å²) in [5, 5.41) is 16.8. The zero-order valence-corrected chi connectivity index (χ0v) is 5.03. The lowest BCUT2D eigenvalue weighted by Gasteiger charge is -2.06. The first-order valence-electron chi connectivity index (χ1n) is 2.46. The zero-order valence-electron chi connectivity index (χ0n) is 5.03. The summed E-state index contributed by atoms with van der Waals surface area (Å²) < 4.78 is 0. The maximum atomic E-state index is 9.95. The van der Waals surface area contributed by atoms with Crippen LogP contribution < -0.4 is 0 Å². The minimum atomic E-state index is -1.44. The zero-order chi connectivity index (χ0) is 7.44. The second-order valence-electron chi connectivity index (χ2n) is 1.74. The number of aliphatic carboxylic acids is 1. The first kappa shape index (κ1) is 7.99. The Morgan fingerprint density at radius 1 is 1.78 bits per heavy atom. The molecule has 0 unspecified atom stereocenters. The Balaban J connectivity index is 3.91. The molecule has 0 aliphatic rings. The van der Waals surface area contributed by atoms with Crippen LogP contribution in [0.5, 0.6) is 0 Å². The van der Waals surface area contributed by atoms with Gasteiger partial charge in [0.25, 0.3) is 0 Å². The normalized spacial score (nSPS) is 15.7. The van der Waals surface area contributed by atoms with E-state index in [0.717, 1.165) is 0 Å². The highest BCUT2D eigenvalue weighted by Gasteiger charge is 2.18. The van der Waals surface area contributed by atoms with Crippen LogP contribution in [0, 0.1) is 18.3 Å². The van der Waals surface area contributed by atoms with E-state index < -0.39 is 18.0 Å². The van der Waals surface area contributed by atoms with Crippen LogP contribution in [0.25, 0.3) is 0 Å². The molecule has 0 bridgehead atoms. The Labute approximate surface area is 53.3 Å². The highest BCUT2D eigenvalue weighted by Crippen LogP contribution is 1.99. The van der Waals surface area contributed by atoms with Gasteiger partial charge in [0.1, 0.15) is 0 Å². The molecular weight excluding hydrogens is 120 g/mol. The number of rotatable bonds is 2. The average Bonchev–Trinajstić information content (AvgIpc) is 1.84. The van der Waals surface area contributed by atoms with Gasteiger partial charge in [-0.3, -0.25) is 0 Å². The number of aliphatic hydroxyl groups is 1. The average molecular weight is 128 g/mol. The first-order valence-corrected chi connectivity index (χ1v) is 2.46. The molecule has 0 saturated heterocycles. The fourth-order valence-corrected chi connectivity index (χ4v) is 0.305. The molecule has 0 saturated carbocycles. The molecule has 3 heteroatoms. The molecule has 0 aromatic heterocycles. The van der Waals surface area contributed by atoms with E-state index >= 15 is 0 Å². The molecular formula is C6H8O3. The number of carboxylic acid groups (broad SMARTS) is 1. The van der Waals surface area contributed by atoms with Crippen molar-refractivity contribution in [2.45, 2.75) is 13.0 Å². The summed E-state index contributed by atoms with van der Waals surface area (Å²) >= 11 is 0. The summed E-state index contributed by atoms with van der Waals surface area (Å²) in [4.78, 5) is 9.95. The van der Waals surface area contributed by atoms with Crippen molar-refractivity contribution in [3.63, 3.8) is 0 Å². The minimum absolute atomic E-state index is 0.623. The van der Waals surface area contributed by atoms with Crippen molar-refractivity contribution >= 4 is 5.97 Å². The van der Waals surface area contributed by atoms with Crippen LogP contribution in [0.2, 0.25) is 0 Å². The third kappa shape index (κ3) is 2.15. The Bertz CT molecular complexity index is 145. The largest absolute Gasteiger partial charge is 0.479 e. The van der Waals surface area contributed by atoms with Gasteiger partial charge in [-0.1, -0.05) is 0 Å². The monoisotopic (exact) mass is 128 g/mol. The van der Waals surface area contributed by atoms with Gasteiger partial charge < -0.3 is 10.2 Å². The van der Waals surface area contributed by atoms with Crippen molar-refractivity contribution in [3.05, 3.63) is 0 Å². The third-order valence-corrected chi connectivity index (χ3v) is 0.990. The van der Waals surface area contributed by atoms with E-state index in [1.807, 2.05) is 0 Å². The number of hydrogen-bond donors (Lipinski definition) is 2. The molecule has 2 atom stereocenters. The molecule has 0 aliphatic heterocycles. The van der Waals surface area contributed by atoms with Crippen LogP contribution in [0.1, 0.15) is 6.92 Å².